The second kappa shape index (κ2) is 8.03. The third-order valence-electron chi connectivity index (χ3n) is 3.02. The van der Waals surface area contributed by atoms with E-state index in [-0.39, 0.29) is 6.29 Å². The smallest absolute Gasteiger partial charge is 0.158 e. The van der Waals surface area contributed by atoms with Gasteiger partial charge in [0.2, 0.25) is 0 Å². The predicted molar refractivity (Wildman–Crippen MR) is 70.2 cm³/mol. The Morgan fingerprint density at radius 3 is 2.12 bits per heavy atom. The fraction of sp³-hybridized carbons (Fsp3) is 1.00. The number of nitrogens with one attached hydrogen (secondary N) is 1. The molecule has 0 saturated carbocycles. The van der Waals surface area contributed by atoms with Gasteiger partial charge in [-0.3, -0.25) is 0 Å². The minimum Gasteiger partial charge on any atom is -0.353 e. The van der Waals surface area contributed by atoms with E-state index >= 15 is 0 Å². The van der Waals surface area contributed by atoms with Crippen molar-refractivity contribution in [1.29, 1.82) is 0 Å². The van der Waals surface area contributed by atoms with Gasteiger partial charge in [0.25, 0.3) is 0 Å². The zero-order valence-corrected chi connectivity index (χ0v) is 11.7. The molecule has 4 nitrogen and oxygen atoms in total. The first-order valence-corrected chi connectivity index (χ1v) is 6.87. The summed E-state index contributed by atoms with van der Waals surface area (Å²) in [6.45, 7) is 13.3. The highest BCUT2D eigenvalue weighted by atomic mass is 16.7. The van der Waals surface area contributed by atoms with Crippen LogP contribution in [0.3, 0.4) is 0 Å². The van der Waals surface area contributed by atoms with Crippen LogP contribution in [0.15, 0.2) is 0 Å². The van der Waals surface area contributed by atoms with E-state index in [0.717, 1.165) is 39.3 Å². The van der Waals surface area contributed by atoms with E-state index in [4.69, 9.17) is 9.47 Å². The molecule has 1 aliphatic rings. The number of ether oxygens (including phenoxy) is 2. The summed E-state index contributed by atoms with van der Waals surface area (Å²) in [4.78, 5) is 2.50. The van der Waals surface area contributed by atoms with Crippen molar-refractivity contribution in [1.82, 2.24) is 10.2 Å². The van der Waals surface area contributed by atoms with Gasteiger partial charge in [-0.25, -0.2) is 0 Å². The lowest BCUT2D eigenvalue weighted by atomic mass is 10.1. The van der Waals surface area contributed by atoms with E-state index in [1.54, 1.807) is 0 Å². The molecule has 0 aromatic carbocycles. The third-order valence-corrected chi connectivity index (χ3v) is 3.02. The summed E-state index contributed by atoms with van der Waals surface area (Å²) in [5, 5.41) is 3.54. The highest BCUT2D eigenvalue weighted by molar-refractivity contribution is 4.80. The van der Waals surface area contributed by atoms with Gasteiger partial charge in [0.05, 0.1) is 0 Å². The van der Waals surface area contributed by atoms with Gasteiger partial charge in [-0.05, 0) is 27.7 Å². The van der Waals surface area contributed by atoms with Crippen LogP contribution in [-0.2, 0) is 9.47 Å². The SMILES string of the molecule is CCOC(CCN1CC(C)NC(C)C1)OCC. The summed E-state index contributed by atoms with van der Waals surface area (Å²) in [5.74, 6) is 0. The molecule has 2 unspecified atom stereocenters. The van der Waals surface area contributed by atoms with Crippen molar-refractivity contribution in [2.75, 3.05) is 32.8 Å². The molecule has 2 atom stereocenters. The van der Waals surface area contributed by atoms with Crippen LogP contribution in [-0.4, -0.2) is 56.1 Å². The van der Waals surface area contributed by atoms with Crippen LogP contribution >= 0.6 is 0 Å². The fourth-order valence-corrected chi connectivity index (χ4v) is 2.50. The molecular weight excluding hydrogens is 216 g/mol. The minimum absolute atomic E-state index is 0.0366. The van der Waals surface area contributed by atoms with E-state index in [2.05, 4.69) is 24.1 Å². The van der Waals surface area contributed by atoms with Gasteiger partial charge < -0.3 is 19.7 Å². The predicted octanol–water partition coefficient (Wildman–Crippen LogP) is 1.46. The summed E-state index contributed by atoms with van der Waals surface area (Å²) in [6, 6.07) is 1.16. The van der Waals surface area contributed by atoms with Crippen molar-refractivity contribution in [2.24, 2.45) is 0 Å². The maximum Gasteiger partial charge on any atom is 0.158 e. The fourth-order valence-electron chi connectivity index (χ4n) is 2.50. The van der Waals surface area contributed by atoms with E-state index < -0.39 is 0 Å². The van der Waals surface area contributed by atoms with Crippen LogP contribution in [0.1, 0.15) is 34.1 Å². The molecule has 102 valence electrons. The first-order chi connectivity index (χ1) is 8.15. The molecule has 1 N–H and O–H groups in total. The van der Waals surface area contributed by atoms with Gasteiger partial charge in [0, 0.05) is 51.4 Å². The quantitative estimate of drug-likeness (QED) is 0.687. The lowest BCUT2D eigenvalue weighted by Gasteiger charge is -2.36. The molecule has 1 aliphatic heterocycles. The van der Waals surface area contributed by atoms with Crippen LogP contribution in [0.2, 0.25) is 0 Å². The highest BCUT2D eigenvalue weighted by Crippen LogP contribution is 2.08. The summed E-state index contributed by atoms with van der Waals surface area (Å²) < 4.78 is 11.1. The Labute approximate surface area is 106 Å². The van der Waals surface area contributed by atoms with Gasteiger partial charge in [-0.2, -0.15) is 0 Å². The zero-order chi connectivity index (χ0) is 12.7. The van der Waals surface area contributed by atoms with Gasteiger partial charge >= 0.3 is 0 Å². The number of piperazine rings is 1. The van der Waals surface area contributed by atoms with Crippen molar-refractivity contribution in [3.63, 3.8) is 0 Å². The molecule has 1 heterocycles. The molecular formula is C13H28N2O2. The van der Waals surface area contributed by atoms with Crippen LogP contribution in [0.5, 0.6) is 0 Å². The Kier molecular flexibility index (Phi) is 7.04. The molecule has 0 aromatic rings. The first-order valence-electron chi connectivity index (χ1n) is 6.87. The molecule has 0 bridgehead atoms. The Hall–Kier alpha value is -0.160. The topological polar surface area (TPSA) is 33.7 Å². The lowest BCUT2D eigenvalue weighted by molar-refractivity contribution is -0.142. The molecule has 0 amide bonds. The van der Waals surface area contributed by atoms with Gasteiger partial charge in [0.1, 0.15) is 0 Å². The van der Waals surface area contributed by atoms with E-state index in [0.29, 0.717) is 12.1 Å². The van der Waals surface area contributed by atoms with Gasteiger partial charge in [0.15, 0.2) is 6.29 Å². The molecule has 0 aromatic heterocycles. The van der Waals surface area contributed by atoms with Crippen LogP contribution in [0.25, 0.3) is 0 Å². The number of hydrogen-bond acceptors (Lipinski definition) is 4. The van der Waals surface area contributed by atoms with Crippen LogP contribution in [0.4, 0.5) is 0 Å². The average Bonchev–Trinajstić information content (AvgIpc) is 2.25. The molecule has 0 spiro atoms. The zero-order valence-electron chi connectivity index (χ0n) is 11.7. The van der Waals surface area contributed by atoms with Crippen molar-refractivity contribution in [3.8, 4) is 0 Å². The number of hydrogen-bond donors (Lipinski definition) is 1. The lowest BCUT2D eigenvalue weighted by Crippen LogP contribution is -2.54. The van der Waals surface area contributed by atoms with Crippen molar-refractivity contribution >= 4 is 0 Å². The maximum atomic E-state index is 5.56. The molecule has 17 heavy (non-hydrogen) atoms. The third kappa shape index (κ3) is 5.82. The normalized spacial score (nSPS) is 26.6. The van der Waals surface area contributed by atoms with Gasteiger partial charge in [-0.1, -0.05) is 0 Å². The van der Waals surface area contributed by atoms with E-state index in [9.17, 15) is 0 Å². The monoisotopic (exact) mass is 244 g/mol. The van der Waals surface area contributed by atoms with Crippen LogP contribution in [0, 0.1) is 0 Å². The molecule has 4 heteroatoms. The summed E-state index contributed by atoms with van der Waals surface area (Å²) in [5.41, 5.74) is 0. The molecule has 0 aliphatic carbocycles. The second-order valence-corrected chi connectivity index (χ2v) is 4.86. The average molecular weight is 244 g/mol. The highest BCUT2D eigenvalue weighted by Gasteiger charge is 2.21. The molecule has 0 radical (unpaired) electrons. The first kappa shape index (κ1) is 14.9. The molecule has 1 fully saturated rings. The number of nitrogens with zero attached hydrogens (tertiary/aromatic N) is 1. The van der Waals surface area contributed by atoms with Gasteiger partial charge in [-0.15, -0.1) is 0 Å². The van der Waals surface area contributed by atoms with Crippen molar-refractivity contribution in [3.05, 3.63) is 0 Å². The molecule has 1 rings (SSSR count). The van der Waals surface area contributed by atoms with Crippen molar-refractivity contribution < 1.29 is 9.47 Å². The standard InChI is InChI=1S/C13H28N2O2/c1-5-16-13(17-6-2)7-8-15-9-11(3)14-12(4)10-15/h11-14H,5-10H2,1-4H3. The largest absolute Gasteiger partial charge is 0.353 e. The second-order valence-electron chi connectivity index (χ2n) is 4.86. The Balaban J connectivity index is 2.27. The summed E-state index contributed by atoms with van der Waals surface area (Å²) in [6.07, 6.45) is 0.923. The Bertz CT molecular complexity index is 186. The van der Waals surface area contributed by atoms with Crippen LogP contribution < -0.4 is 5.32 Å². The summed E-state index contributed by atoms with van der Waals surface area (Å²) >= 11 is 0. The number of rotatable bonds is 7. The molecule has 1 saturated heterocycles. The summed E-state index contributed by atoms with van der Waals surface area (Å²) in [7, 11) is 0. The van der Waals surface area contributed by atoms with E-state index in [1.807, 2.05) is 13.8 Å². The minimum atomic E-state index is -0.0366. The Morgan fingerprint density at radius 1 is 1.12 bits per heavy atom. The van der Waals surface area contributed by atoms with E-state index in [1.165, 1.54) is 0 Å². The maximum absolute atomic E-state index is 5.56. The Morgan fingerprint density at radius 2 is 1.65 bits per heavy atom. The van der Waals surface area contributed by atoms with Crippen molar-refractivity contribution in [2.45, 2.75) is 52.5 Å².